The molecule has 0 spiro atoms. The molecule has 82 valence electrons. The van der Waals surface area contributed by atoms with Crippen molar-refractivity contribution in [3.63, 3.8) is 0 Å². The Bertz CT molecular complexity index is 174. The van der Waals surface area contributed by atoms with Gasteiger partial charge in [-0.1, -0.05) is 0 Å². The first-order valence-electron chi connectivity index (χ1n) is 5.61. The van der Waals surface area contributed by atoms with Crippen molar-refractivity contribution in [1.82, 2.24) is 10.2 Å². The van der Waals surface area contributed by atoms with Crippen molar-refractivity contribution in [1.29, 1.82) is 0 Å². The van der Waals surface area contributed by atoms with E-state index in [2.05, 4.69) is 10.2 Å². The molecule has 0 aliphatic carbocycles. The minimum atomic E-state index is 0.210. The van der Waals surface area contributed by atoms with Gasteiger partial charge in [-0.2, -0.15) is 0 Å². The number of morpholine rings is 1. The van der Waals surface area contributed by atoms with Crippen molar-refractivity contribution < 1.29 is 4.74 Å². The molecule has 0 saturated carbocycles. The molecule has 2 aliphatic heterocycles. The van der Waals surface area contributed by atoms with Crippen LogP contribution in [-0.4, -0.2) is 56.4 Å². The molecule has 0 bridgehead atoms. The number of hydrogen-bond acceptors (Lipinski definition) is 4. The Morgan fingerprint density at radius 2 is 2.14 bits per heavy atom. The van der Waals surface area contributed by atoms with Gasteiger partial charge in [0.05, 0.1) is 13.2 Å². The van der Waals surface area contributed by atoms with Gasteiger partial charge >= 0.3 is 0 Å². The van der Waals surface area contributed by atoms with Crippen LogP contribution in [0.4, 0.5) is 0 Å². The summed E-state index contributed by atoms with van der Waals surface area (Å²) >= 11 is 0. The van der Waals surface area contributed by atoms with E-state index >= 15 is 0 Å². The highest BCUT2D eigenvalue weighted by Crippen LogP contribution is 2.23. The van der Waals surface area contributed by atoms with E-state index in [1.54, 1.807) is 0 Å². The molecule has 2 heterocycles. The zero-order chi connectivity index (χ0) is 9.86. The first-order valence-corrected chi connectivity index (χ1v) is 5.61. The Morgan fingerprint density at radius 1 is 1.36 bits per heavy atom. The molecule has 3 N–H and O–H groups in total. The van der Waals surface area contributed by atoms with Gasteiger partial charge in [0.15, 0.2) is 0 Å². The van der Waals surface area contributed by atoms with E-state index in [4.69, 9.17) is 10.5 Å². The first kappa shape index (κ1) is 10.4. The maximum absolute atomic E-state index is 5.95. The molecular formula is C10H21N3O. The zero-order valence-corrected chi connectivity index (χ0v) is 8.80. The van der Waals surface area contributed by atoms with Crippen molar-refractivity contribution >= 4 is 0 Å². The van der Waals surface area contributed by atoms with Crippen LogP contribution in [-0.2, 0) is 4.74 Å². The summed E-state index contributed by atoms with van der Waals surface area (Å²) < 4.78 is 5.38. The fourth-order valence-electron chi connectivity index (χ4n) is 2.56. The summed E-state index contributed by atoms with van der Waals surface area (Å²) in [6, 6.07) is 0. The molecule has 2 fully saturated rings. The predicted octanol–water partition coefficient (Wildman–Crippen LogP) is -0.600. The Morgan fingerprint density at radius 3 is 2.71 bits per heavy atom. The van der Waals surface area contributed by atoms with Gasteiger partial charge in [0, 0.05) is 31.7 Å². The third kappa shape index (κ3) is 1.93. The normalized spacial score (nSPS) is 35.8. The minimum absolute atomic E-state index is 0.210. The first-order chi connectivity index (χ1) is 6.87. The van der Waals surface area contributed by atoms with Crippen LogP contribution in [0, 0.1) is 0 Å². The number of nitrogens with one attached hydrogen (secondary N) is 1. The second-order valence-corrected chi connectivity index (χ2v) is 4.31. The highest BCUT2D eigenvalue weighted by Gasteiger charge is 2.37. The van der Waals surface area contributed by atoms with E-state index in [0.29, 0.717) is 0 Å². The van der Waals surface area contributed by atoms with Gasteiger partial charge in [0.2, 0.25) is 0 Å². The Kier molecular flexibility index (Phi) is 3.38. The molecule has 1 unspecified atom stereocenters. The number of hydrogen-bond donors (Lipinski definition) is 2. The van der Waals surface area contributed by atoms with Gasteiger partial charge in [-0.15, -0.1) is 0 Å². The third-order valence-corrected chi connectivity index (χ3v) is 3.51. The van der Waals surface area contributed by atoms with Gasteiger partial charge in [-0.25, -0.2) is 0 Å². The molecule has 0 aromatic heterocycles. The van der Waals surface area contributed by atoms with E-state index in [1.807, 2.05) is 0 Å². The Labute approximate surface area is 85.8 Å². The highest BCUT2D eigenvalue weighted by atomic mass is 16.5. The lowest BCUT2D eigenvalue weighted by molar-refractivity contribution is -0.0281. The summed E-state index contributed by atoms with van der Waals surface area (Å²) in [7, 11) is 0. The van der Waals surface area contributed by atoms with Crippen LogP contribution in [0.3, 0.4) is 0 Å². The van der Waals surface area contributed by atoms with Crippen LogP contribution in [0.5, 0.6) is 0 Å². The van der Waals surface area contributed by atoms with Crippen molar-refractivity contribution in [3.8, 4) is 0 Å². The third-order valence-electron chi connectivity index (χ3n) is 3.51. The molecule has 0 aromatic carbocycles. The van der Waals surface area contributed by atoms with Crippen molar-refractivity contribution in [2.24, 2.45) is 5.73 Å². The van der Waals surface area contributed by atoms with Gasteiger partial charge in [-0.3, -0.25) is 4.90 Å². The maximum atomic E-state index is 5.95. The fourth-order valence-corrected chi connectivity index (χ4v) is 2.56. The molecular weight excluding hydrogens is 178 g/mol. The quantitative estimate of drug-likeness (QED) is 0.623. The van der Waals surface area contributed by atoms with Crippen molar-refractivity contribution in [2.45, 2.75) is 18.4 Å². The number of ether oxygens (including phenoxy) is 1. The van der Waals surface area contributed by atoms with Gasteiger partial charge in [0.1, 0.15) is 0 Å². The van der Waals surface area contributed by atoms with E-state index < -0.39 is 0 Å². The number of rotatable bonds is 2. The van der Waals surface area contributed by atoms with Gasteiger partial charge < -0.3 is 15.8 Å². The molecule has 4 nitrogen and oxygen atoms in total. The SMILES string of the molecule is NCC1(N2CCOCC2)CCCNC1. The Balaban J connectivity index is 2.01. The number of nitrogens with zero attached hydrogens (tertiary/aromatic N) is 1. The van der Waals surface area contributed by atoms with Crippen LogP contribution in [0.2, 0.25) is 0 Å². The summed E-state index contributed by atoms with van der Waals surface area (Å²) in [5.41, 5.74) is 6.16. The largest absolute Gasteiger partial charge is 0.379 e. The summed E-state index contributed by atoms with van der Waals surface area (Å²) in [4.78, 5) is 2.52. The van der Waals surface area contributed by atoms with Crippen LogP contribution in [0.15, 0.2) is 0 Å². The molecule has 0 aromatic rings. The number of piperidine rings is 1. The monoisotopic (exact) mass is 199 g/mol. The molecule has 2 rings (SSSR count). The molecule has 14 heavy (non-hydrogen) atoms. The molecule has 0 amide bonds. The second-order valence-electron chi connectivity index (χ2n) is 4.31. The van der Waals surface area contributed by atoms with Crippen LogP contribution in [0.1, 0.15) is 12.8 Å². The second kappa shape index (κ2) is 4.57. The van der Waals surface area contributed by atoms with Gasteiger partial charge in [0.25, 0.3) is 0 Å². The fraction of sp³-hybridized carbons (Fsp3) is 1.00. The topological polar surface area (TPSA) is 50.5 Å². The van der Waals surface area contributed by atoms with E-state index in [-0.39, 0.29) is 5.54 Å². The molecule has 2 saturated heterocycles. The summed E-state index contributed by atoms with van der Waals surface area (Å²) in [6.45, 7) is 6.76. The lowest BCUT2D eigenvalue weighted by Crippen LogP contribution is -2.64. The zero-order valence-electron chi connectivity index (χ0n) is 8.80. The van der Waals surface area contributed by atoms with Gasteiger partial charge in [-0.05, 0) is 19.4 Å². The van der Waals surface area contributed by atoms with E-state index in [9.17, 15) is 0 Å². The summed E-state index contributed by atoms with van der Waals surface area (Å²) in [6.07, 6.45) is 2.48. The maximum Gasteiger partial charge on any atom is 0.0594 e. The molecule has 2 aliphatic rings. The summed E-state index contributed by atoms with van der Waals surface area (Å²) in [5.74, 6) is 0. The average molecular weight is 199 g/mol. The molecule has 0 radical (unpaired) electrons. The summed E-state index contributed by atoms with van der Waals surface area (Å²) in [5, 5.41) is 3.46. The molecule has 1 atom stereocenters. The highest BCUT2D eigenvalue weighted by molar-refractivity contribution is 4.97. The van der Waals surface area contributed by atoms with E-state index in [0.717, 1.165) is 45.9 Å². The van der Waals surface area contributed by atoms with Crippen molar-refractivity contribution in [3.05, 3.63) is 0 Å². The predicted molar refractivity (Wildman–Crippen MR) is 56.3 cm³/mol. The smallest absolute Gasteiger partial charge is 0.0594 e. The van der Waals surface area contributed by atoms with Crippen molar-refractivity contribution in [2.75, 3.05) is 45.9 Å². The molecule has 4 heteroatoms. The number of nitrogens with two attached hydrogens (primary N) is 1. The van der Waals surface area contributed by atoms with Crippen LogP contribution < -0.4 is 11.1 Å². The Hall–Kier alpha value is -0.160. The minimum Gasteiger partial charge on any atom is -0.379 e. The lowest BCUT2D eigenvalue weighted by atomic mass is 9.88. The lowest BCUT2D eigenvalue weighted by Gasteiger charge is -2.47. The standard InChI is InChI=1S/C10H21N3O/c11-8-10(2-1-3-12-9-10)13-4-6-14-7-5-13/h12H,1-9,11H2. The van der Waals surface area contributed by atoms with Crippen LogP contribution >= 0.6 is 0 Å². The average Bonchev–Trinajstić information content (AvgIpc) is 2.31. The van der Waals surface area contributed by atoms with E-state index in [1.165, 1.54) is 12.8 Å². The van der Waals surface area contributed by atoms with Crippen LogP contribution in [0.25, 0.3) is 0 Å².